The maximum absolute atomic E-state index is 12.0. The molecule has 2 aliphatic rings. The molecule has 1 saturated carbocycles. The molecule has 0 aromatic rings. The van der Waals surface area contributed by atoms with Crippen LogP contribution in [-0.2, 0) is 9.53 Å². The van der Waals surface area contributed by atoms with Gasteiger partial charge >= 0.3 is 5.97 Å². The van der Waals surface area contributed by atoms with E-state index in [0.717, 1.165) is 31.7 Å². The zero-order chi connectivity index (χ0) is 12.3. The summed E-state index contributed by atoms with van der Waals surface area (Å²) >= 11 is 0. The van der Waals surface area contributed by atoms with Gasteiger partial charge in [0.15, 0.2) is 0 Å². The minimum Gasteiger partial charge on any atom is -0.461 e. The van der Waals surface area contributed by atoms with Gasteiger partial charge in [0.1, 0.15) is 12.1 Å². The molecule has 3 heteroatoms. The van der Waals surface area contributed by atoms with Crippen LogP contribution in [-0.4, -0.2) is 24.7 Å². The molecule has 4 atom stereocenters. The molecule has 4 unspecified atom stereocenters. The van der Waals surface area contributed by atoms with Gasteiger partial charge in [-0.1, -0.05) is 26.7 Å². The van der Waals surface area contributed by atoms with Gasteiger partial charge in [0.2, 0.25) is 0 Å². The molecule has 1 aliphatic carbocycles. The summed E-state index contributed by atoms with van der Waals surface area (Å²) in [6.07, 6.45) is 7.13. The maximum atomic E-state index is 12.0. The second kappa shape index (κ2) is 5.85. The fourth-order valence-electron chi connectivity index (χ4n) is 3.11. The Labute approximate surface area is 104 Å². The van der Waals surface area contributed by atoms with E-state index in [2.05, 4.69) is 19.2 Å². The Balaban J connectivity index is 1.81. The lowest BCUT2D eigenvalue weighted by Crippen LogP contribution is -2.39. The molecule has 1 heterocycles. The molecule has 1 N–H and O–H groups in total. The highest BCUT2D eigenvalue weighted by Crippen LogP contribution is 2.29. The van der Waals surface area contributed by atoms with Crippen LogP contribution in [0.3, 0.4) is 0 Å². The van der Waals surface area contributed by atoms with E-state index in [0.29, 0.717) is 5.92 Å². The molecular weight excluding hydrogens is 214 g/mol. The Kier molecular flexibility index (Phi) is 4.43. The van der Waals surface area contributed by atoms with Crippen LogP contribution >= 0.6 is 0 Å². The van der Waals surface area contributed by atoms with Crippen molar-refractivity contribution in [1.29, 1.82) is 0 Å². The second-order valence-corrected chi connectivity index (χ2v) is 5.70. The molecule has 98 valence electrons. The van der Waals surface area contributed by atoms with Crippen molar-refractivity contribution in [3.8, 4) is 0 Å². The van der Waals surface area contributed by atoms with Crippen molar-refractivity contribution >= 4 is 5.97 Å². The summed E-state index contributed by atoms with van der Waals surface area (Å²) in [5, 5.41) is 3.25. The van der Waals surface area contributed by atoms with Gasteiger partial charge in [-0.05, 0) is 44.1 Å². The summed E-state index contributed by atoms with van der Waals surface area (Å²) < 4.78 is 5.68. The number of hydrogen-bond donors (Lipinski definition) is 1. The molecule has 0 aromatic carbocycles. The maximum Gasteiger partial charge on any atom is 0.323 e. The molecule has 2 fully saturated rings. The van der Waals surface area contributed by atoms with Crippen LogP contribution in [0, 0.1) is 11.8 Å². The molecule has 1 saturated heterocycles. The van der Waals surface area contributed by atoms with Gasteiger partial charge in [-0.25, -0.2) is 0 Å². The van der Waals surface area contributed by atoms with Gasteiger partial charge in [-0.2, -0.15) is 0 Å². The molecule has 0 spiro atoms. The number of carbonyl (C=O) groups excluding carboxylic acids is 1. The van der Waals surface area contributed by atoms with E-state index in [-0.39, 0.29) is 18.1 Å². The summed E-state index contributed by atoms with van der Waals surface area (Å²) in [6.45, 7) is 5.31. The normalized spacial score (nSPS) is 38.0. The molecule has 0 radical (unpaired) electrons. The van der Waals surface area contributed by atoms with Crippen LogP contribution in [0.2, 0.25) is 0 Å². The second-order valence-electron chi connectivity index (χ2n) is 5.70. The average Bonchev–Trinajstić information content (AvgIpc) is 2.76. The number of rotatable bonds is 3. The summed E-state index contributed by atoms with van der Waals surface area (Å²) in [4.78, 5) is 12.0. The highest BCUT2D eigenvalue weighted by molar-refractivity contribution is 5.76. The van der Waals surface area contributed by atoms with Crippen molar-refractivity contribution in [2.24, 2.45) is 11.8 Å². The summed E-state index contributed by atoms with van der Waals surface area (Å²) in [6, 6.07) is -0.0583. The SMILES string of the molecule is CCC1CCCC(OC(=O)C2NCCC2C)C1. The van der Waals surface area contributed by atoms with Gasteiger partial charge in [-0.3, -0.25) is 4.79 Å². The molecule has 3 nitrogen and oxygen atoms in total. The minimum atomic E-state index is -0.0583. The van der Waals surface area contributed by atoms with Gasteiger partial charge in [-0.15, -0.1) is 0 Å². The smallest absolute Gasteiger partial charge is 0.323 e. The third-order valence-electron chi connectivity index (χ3n) is 4.38. The Morgan fingerprint density at radius 3 is 2.82 bits per heavy atom. The minimum absolute atomic E-state index is 0.0169. The lowest BCUT2D eigenvalue weighted by molar-refractivity contribution is -0.154. The fraction of sp³-hybridized carbons (Fsp3) is 0.929. The standard InChI is InChI=1S/C14H25NO2/c1-3-11-5-4-6-12(9-11)17-14(16)13-10(2)7-8-15-13/h10-13,15H,3-9H2,1-2H3. The van der Waals surface area contributed by atoms with Gasteiger partial charge in [0, 0.05) is 0 Å². The van der Waals surface area contributed by atoms with E-state index in [9.17, 15) is 4.79 Å². The zero-order valence-electron chi connectivity index (χ0n) is 11.1. The number of esters is 1. The number of nitrogens with one attached hydrogen (secondary N) is 1. The van der Waals surface area contributed by atoms with E-state index in [1.165, 1.54) is 19.3 Å². The van der Waals surface area contributed by atoms with E-state index in [1.54, 1.807) is 0 Å². The van der Waals surface area contributed by atoms with Gasteiger partial charge in [0.25, 0.3) is 0 Å². The van der Waals surface area contributed by atoms with Gasteiger partial charge < -0.3 is 10.1 Å². The number of carbonyl (C=O) groups is 1. The molecule has 0 amide bonds. The zero-order valence-corrected chi connectivity index (χ0v) is 11.1. The summed E-state index contributed by atoms with van der Waals surface area (Å²) in [5.41, 5.74) is 0. The lowest BCUT2D eigenvalue weighted by Gasteiger charge is -2.29. The molecule has 0 bridgehead atoms. The highest BCUT2D eigenvalue weighted by atomic mass is 16.5. The predicted octanol–water partition coefficient (Wildman–Crippen LogP) is 2.50. The Morgan fingerprint density at radius 2 is 2.18 bits per heavy atom. The molecule has 17 heavy (non-hydrogen) atoms. The lowest BCUT2D eigenvalue weighted by atomic mass is 9.85. The van der Waals surface area contributed by atoms with E-state index >= 15 is 0 Å². The van der Waals surface area contributed by atoms with Crippen molar-refractivity contribution < 1.29 is 9.53 Å². The van der Waals surface area contributed by atoms with Crippen LogP contribution in [0.25, 0.3) is 0 Å². The number of ether oxygens (including phenoxy) is 1. The first kappa shape index (κ1) is 12.9. The van der Waals surface area contributed by atoms with Crippen molar-refractivity contribution in [2.75, 3.05) is 6.54 Å². The van der Waals surface area contributed by atoms with E-state index < -0.39 is 0 Å². The molecule has 0 aromatic heterocycles. The molecular formula is C14H25NO2. The monoisotopic (exact) mass is 239 g/mol. The van der Waals surface area contributed by atoms with Crippen molar-refractivity contribution in [3.05, 3.63) is 0 Å². The molecule has 2 rings (SSSR count). The van der Waals surface area contributed by atoms with Crippen LogP contribution in [0.1, 0.15) is 52.4 Å². The summed E-state index contributed by atoms with van der Waals surface area (Å²) in [7, 11) is 0. The Morgan fingerprint density at radius 1 is 1.35 bits per heavy atom. The molecule has 1 aliphatic heterocycles. The van der Waals surface area contributed by atoms with Crippen LogP contribution in [0.5, 0.6) is 0 Å². The van der Waals surface area contributed by atoms with E-state index in [1.807, 2.05) is 0 Å². The highest BCUT2D eigenvalue weighted by Gasteiger charge is 2.33. The summed E-state index contributed by atoms with van der Waals surface area (Å²) in [5.74, 6) is 1.17. The Bertz CT molecular complexity index is 267. The van der Waals surface area contributed by atoms with Crippen LogP contribution < -0.4 is 5.32 Å². The predicted molar refractivity (Wildman–Crippen MR) is 67.7 cm³/mol. The van der Waals surface area contributed by atoms with Gasteiger partial charge in [0.05, 0.1) is 0 Å². The quantitative estimate of drug-likeness (QED) is 0.769. The van der Waals surface area contributed by atoms with Crippen molar-refractivity contribution in [1.82, 2.24) is 5.32 Å². The average molecular weight is 239 g/mol. The van der Waals surface area contributed by atoms with Crippen molar-refractivity contribution in [3.63, 3.8) is 0 Å². The fourth-order valence-corrected chi connectivity index (χ4v) is 3.11. The van der Waals surface area contributed by atoms with E-state index in [4.69, 9.17) is 4.74 Å². The number of hydrogen-bond acceptors (Lipinski definition) is 3. The third-order valence-corrected chi connectivity index (χ3v) is 4.38. The first-order valence-electron chi connectivity index (χ1n) is 7.14. The largest absolute Gasteiger partial charge is 0.461 e. The van der Waals surface area contributed by atoms with Crippen LogP contribution in [0.4, 0.5) is 0 Å². The van der Waals surface area contributed by atoms with Crippen LogP contribution in [0.15, 0.2) is 0 Å². The topological polar surface area (TPSA) is 38.3 Å². The first-order chi connectivity index (χ1) is 8.20. The van der Waals surface area contributed by atoms with Crippen molar-refractivity contribution in [2.45, 2.75) is 64.5 Å². The Hall–Kier alpha value is -0.570. The first-order valence-corrected chi connectivity index (χ1v) is 7.14. The third kappa shape index (κ3) is 3.21.